The Kier molecular flexibility index (Phi) is 8.32. The normalized spacial score (nSPS) is 12.5. The second-order valence-electron chi connectivity index (χ2n) is 10.4. The number of benzene rings is 3. The third-order valence-corrected chi connectivity index (χ3v) is 6.92. The summed E-state index contributed by atoms with van der Waals surface area (Å²) >= 11 is 0. The number of carbonyl (C=O) groups is 1. The molecule has 0 radical (unpaired) electrons. The lowest BCUT2D eigenvalue weighted by Crippen LogP contribution is -2.41. The number of hydrogen-bond donors (Lipinski definition) is 1. The Bertz CT molecular complexity index is 1590. The Labute approximate surface area is 231 Å². The summed E-state index contributed by atoms with van der Waals surface area (Å²) in [6.45, 7) is 9.84. The summed E-state index contributed by atoms with van der Waals surface area (Å²) in [6, 6.07) is 16.1. The van der Waals surface area contributed by atoms with E-state index in [4.69, 9.17) is 4.98 Å². The number of aromatic nitrogens is 2. The van der Waals surface area contributed by atoms with Gasteiger partial charge < -0.3 is 10.2 Å². The lowest BCUT2D eigenvalue weighted by molar-refractivity contribution is -0.136. The lowest BCUT2D eigenvalue weighted by atomic mass is 10.1. The summed E-state index contributed by atoms with van der Waals surface area (Å²) in [5.74, 6) is 0.537. The molecule has 4 rings (SSSR count). The smallest absolute Gasteiger partial charge is 0.315 e. The zero-order chi connectivity index (χ0) is 29.2. The maximum Gasteiger partial charge on any atom is 0.418 e. The number of urea groups is 1. The number of aryl methyl sites for hydroxylation is 2. The molecule has 210 valence electrons. The molecule has 1 unspecified atom stereocenters. The van der Waals surface area contributed by atoms with Crippen LogP contribution in [0.3, 0.4) is 0 Å². The second-order valence-corrected chi connectivity index (χ2v) is 10.4. The fourth-order valence-corrected chi connectivity index (χ4v) is 4.75. The number of hydrogen-bond acceptors (Lipinski definition) is 3. The molecule has 2 amide bonds. The first-order valence-corrected chi connectivity index (χ1v) is 13.2. The number of nitrogens with zero attached hydrogens (tertiary/aromatic N) is 3. The molecular formula is C31H33F3N4O2. The highest BCUT2D eigenvalue weighted by atomic mass is 19.4. The topological polar surface area (TPSA) is 67.2 Å². The highest BCUT2D eigenvalue weighted by molar-refractivity contribution is 5.90. The number of nitrogens with one attached hydrogen (secondary N) is 1. The van der Waals surface area contributed by atoms with Gasteiger partial charge in [0.05, 0.1) is 33.9 Å². The molecule has 40 heavy (non-hydrogen) atoms. The van der Waals surface area contributed by atoms with Crippen LogP contribution in [0.15, 0.2) is 71.5 Å². The van der Waals surface area contributed by atoms with Gasteiger partial charge in [0.25, 0.3) is 5.56 Å². The van der Waals surface area contributed by atoms with Crippen molar-refractivity contribution in [3.8, 4) is 5.69 Å². The summed E-state index contributed by atoms with van der Waals surface area (Å²) in [7, 11) is 0. The Morgan fingerprint density at radius 3 is 2.35 bits per heavy atom. The van der Waals surface area contributed by atoms with Crippen LogP contribution in [-0.2, 0) is 6.18 Å². The van der Waals surface area contributed by atoms with Crippen molar-refractivity contribution in [1.82, 2.24) is 14.5 Å². The molecule has 0 saturated carbocycles. The van der Waals surface area contributed by atoms with E-state index in [9.17, 15) is 22.8 Å². The maximum atomic E-state index is 13.9. The molecule has 0 fully saturated rings. The summed E-state index contributed by atoms with van der Waals surface area (Å²) in [5, 5.41) is 2.90. The van der Waals surface area contributed by atoms with Gasteiger partial charge in [-0.1, -0.05) is 55.8 Å². The zero-order valence-electron chi connectivity index (χ0n) is 23.2. The highest BCUT2D eigenvalue weighted by Gasteiger charge is 2.35. The Morgan fingerprint density at radius 2 is 1.68 bits per heavy atom. The van der Waals surface area contributed by atoms with Crippen molar-refractivity contribution < 1.29 is 18.0 Å². The molecule has 1 heterocycles. The van der Waals surface area contributed by atoms with Crippen LogP contribution < -0.4 is 10.9 Å². The van der Waals surface area contributed by atoms with Crippen LogP contribution in [0.1, 0.15) is 55.7 Å². The molecule has 1 atom stereocenters. The van der Waals surface area contributed by atoms with Crippen molar-refractivity contribution in [3.05, 3.63) is 99.6 Å². The van der Waals surface area contributed by atoms with Crippen molar-refractivity contribution in [1.29, 1.82) is 0 Å². The van der Waals surface area contributed by atoms with Gasteiger partial charge >= 0.3 is 12.2 Å². The van der Waals surface area contributed by atoms with E-state index in [1.807, 2.05) is 45.9 Å². The SMILES string of the molecule is Cc1ccc(-n2c(C(C)N(CCC(C)C)C(=O)Nc3ccccc3C(F)(F)F)nc3ccccc3c2=O)c(C)c1. The molecule has 0 aliphatic carbocycles. The van der Waals surface area contributed by atoms with Crippen LogP contribution in [0.5, 0.6) is 0 Å². The standard InChI is InChI=1S/C31H33F3N4O2/c1-19(2)16-17-37(30(40)36-26-13-9-7-11-24(26)31(32,33)34)22(5)28-35-25-12-8-6-10-23(25)29(39)38(28)27-15-14-20(3)18-21(27)4/h6-15,18-19,22H,16-17H2,1-5H3,(H,36,40). The van der Waals surface area contributed by atoms with E-state index >= 15 is 0 Å². The third kappa shape index (κ3) is 6.03. The minimum absolute atomic E-state index is 0.219. The summed E-state index contributed by atoms with van der Waals surface area (Å²) in [4.78, 5) is 33.8. The van der Waals surface area contributed by atoms with E-state index in [2.05, 4.69) is 5.32 Å². The first-order chi connectivity index (χ1) is 18.9. The number of halogens is 3. The minimum atomic E-state index is -4.64. The Balaban J connectivity index is 1.86. The van der Waals surface area contributed by atoms with Crippen LogP contribution in [0.2, 0.25) is 0 Å². The largest absolute Gasteiger partial charge is 0.418 e. The van der Waals surface area contributed by atoms with Gasteiger partial charge in [0.2, 0.25) is 0 Å². The van der Waals surface area contributed by atoms with E-state index in [0.717, 1.165) is 17.2 Å². The van der Waals surface area contributed by atoms with Gasteiger partial charge in [0.15, 0.2) is 0 Å². The van der Waals surface area contributed by atoms with Crippen molar-refractivity contribution in [3.63, 3.8) is 0 Å². The number of para-hydroxylation sites is 2. The minimum Gasteiger partial charge on any atom is -0.315 e. The van der Waals surface area contributed by atoms with Gasteiger partial charge in [-0.05, 0) is 69.0 Å². The van der Waals surface area contributed by atoms with E-state index in [1.54, 1.807) is 31.2 Å². The van der Waals surface area contributed by atoms with E-state index < -0.39 is 23.8 Å². The monoisotopic (exact) mass is 550 g/mol. The molecule has 4 aromatic rings. The van der Waals surface area contributed by atoms with Crippen molar-refractivity contribution in [2.45, 2.75) is 53.3 Å². The van der Waals surface area contributed by atoms with Crippen LogP contribution in [0.25, 0.3) is 16.6 Å². The molecule has 9 heteroatoms. The number of alkyl halides is 3. The molecule has 1 N–H and O–H groups in total. The number of rotatable bonds is 7. The number of amides is 2. The Morgan fingerprint density at radius 1 is 1.00 bits per heavy atom. The molecule has 0 saturated heterocycles. The van der Waals surface area contributed by atoms with Gasteiger partial charge in [0, 0.05) is 6.54 Å². The molecular weight excluding hydrogens is 517 g/mol. The molecule has 3 aromatic carbocycles. The van der Waals surface area contributed by atoms with Gasteiger partial charge in [-0.25, -0.2) is 9.78 Å². The predicted molar refractivity (Wildman–Crippen MR) is 152 cm³/mol. The summed E-state index contributed by atoms with van der Waals surface area (Å²) < 4.78 is 42.5. The van der Waals surface area contributed by atoms with Crippen molar-refractivity contribution in [2.24, 2.45) is 5.92 Å². The van der Waals surface area contributed by atoms with Crippen LogP contribution in [0, 0.1) is 19.8 Å². The average Bonchev–Trinajstić information content (AvgIpc) is 2.89. The van der Waals surface area contributed by atoms with Crippen LogP contribution in [0.4, 0.5) is 23.7 Å². The quantitative estimate of drug-likeness (QED) is 0.257. The molecule has 0 bridgehead atoms. The second kappa shape index (κ2) is 11.5. The maximum absolute atomic E-state index is 13.9. The molecule has 0 aliphatic heterocycles. The van der Waals surface area contributed by atoms with Gasteiger partial charge in [-0.3, -0.25) is 9.36 Å². The summed E-state index contributed by atoms with van der Waals surface area (Å²) in [6.07, 6.45) is -4.04. The molecule has 6 nitrogen and oxygen atoms in total. The number of anilines is 1. The third-order valence-electron chi connectivity index (χ3n) is 6.92. The molecule has 0 spiro atoms. The van der Waals surface area contributed by atoms with Gasteiger partial charge in [0.1, 0.15) is 5.82 Å². The number of carbonyl (C=O) groups excluding carboxylic acids is 1. The summed E-state index contributed by atoms with van der Waals surface area (Å²) in [5.41, 5.74) is 1.43. The van der Waals surface area contributed by atoms with Crippen LogP contribution in [-0.4, -0.2) is 27.0 Å². The van der Waals surface area contributed by atoms with Gasteiger partial charge in [-0.2, -0.15) is 13.2 Å². The molecule has 0 aliphatic rings. The molecule has 1 aromatic heterocycles. The lowest BCUT2D eigenvalue weighted by Gasteiger charge is -2.31. The number of fused-ring (bicyclic) bond motifs is 1. The van der Waals surface area contributed by atoms with Crippen molar-refractivity contribution >= 4 is 22.6 Å². The van der Waals surface area contributed by atoms with Crippen molar-refractivity contribution in [2.75, 3.05) is 11.9 Å². The fourth-order valence-electron chi connectivity index (χ4n) is 4.75. The average molecular weight is 551 g/mol. The van der Waals surface area contributed by atoms with E-state index in [0.29, 0.717) is 28.8 Å². The van der Waals surface area contributed by atoms with E-state index in [-0.39, 0.29) is 23.7 Å². The van der Waals surface area contributed by atoms with E-state index in [1.165, 1.54) is 27.7 Å². The highest BCUT2D eigenvalue weighted by Crippen LogP contribution is 2.35. The van der Waals surface area contributed by atoms with Gasteiger partial charge in [-0.15, -0.1) is 0 Å². The zero-order valence-corrected chi connectivity index (χ0v) is 23.2. The van der Waals surface area contributed by atoms with Crippen LogP contribution >= 0.6 is 0 Å². The predicted octanol–water partition coefficient (Wildman–Crippen LogP) is 7.66. The Hall–Kier alpha value is -4.14. The first-order valence-electron chi connectivity index (χ1n) is 13.2. The fraction of sp³-hybridized carbons (Fsp3) is 0.323. The first kappa shape index (κ1) is 28.9.